The van der Waals surface area contributed by atoms with Crippen molar-refractivity contribution in [3.05, 3.63) is 23.8 Å². The van der Waals surface area contributed by atoms with Crippen LogP contribution in [-0.4, -0.2) is 40.2 Å². The SMILES string of the molecule is NCC1CCCCN1C(=O)c1ccc(O)c(O)c1. The van der Waals surface area contributed by atoms with Crippen molar-refractivity contribution in [3.8, 4) is 11.5 Å². The second-order valence-corrected chi connectivity index (χ2v) is 4.59. The van der Waals surface area contributed by atoms with E-state index in [4.69, 9.17) is 5.73 Å². The van der Waals surface area contributed by atoms with Crippen LogP contribution in [0.25, 0.3) is 0 Å². The molecule has 1 heterocycles. The monoisotopic (exact) mass is 250 g/mol. The minimum absolute atomic E-state index is 0.0715. The lowest BCUT2D eigenvalue weighted by atomic mass is 10.0. The van der Waals surface area contributed by atoms with Crippen LogP contribution in [0.5, 0.6) is 11.5 Å². The minimum atomic E-state index is -0.276. The van der Waals surface area contributed by atoms with Gasteiger partial charge in [-0.2, -0.15) is 0 Å². The van der Waals surface area contributed by atoms with Crippen molar-refractivity contribution in [2.45, 2.75) is 25.3 Å². The number of hydrogen-bond acceptors (Lipinski definition) is 4. The fraction of sp³-hybridized carbons (Fsp3) is 0.462. The lowest BCUT2D eigenvalue weighted by Gasteiger charge is -2.35. The van der Waals surface area contributed by atoms with Gasteiger partial charge in [0.25, 0.3) is 5.91 Å². The lowest BCUT2D eigenvalue weighted by molar-refractivity contribution is 0.0623. The molecular weight excluding hydrogens is 232 g/mol. The predicted molar refractivity (Wildman–Crippen MR) is 67.5 cm³/mol. The summed E-state index contributed by atoms with van der Waals surface area (Å²) in [5.74, 6) is -0.636. The van der Waals surface area contributed by atoms with Crippen LogP contribution >= 0.6 is 0 Å². The number of hydrogen-bond donors (Lipinski definition) is 3. The fourth-order valence-corrected chi connectivity index (χ4v) is 2.34. The molecule has 1 saturated heterocycles. The van der Waals surface area contributed by atoms with Gasteiger partial charge in [-0.15, -0.1) is 0 Å². The summed E-state index contributed by atoms with van der Waals surface area (Å²) >= 11 is 0. The Balaban J connectivity index is 2.21. The highest BCUT2D eigenvalue weighted by atomic mass is 16.3. The standard InChI is InChI=1S/C13H18N2O3/c14-8-10-3-1-2-6-15(10)13(18)9-4-5-11(16)12(17)7-9/h4-5,7,10,16-17H,1-3,6,8,14H2. The highest BCUT2D eigenvalue weighted by Crippen LogP contribution is 2.27. The molecule has 1 aliphatic rings. The average molecular weight is 250 g/mol. The number of piperidine rings is 1. The number of aromatic hydroxyl groups is 2. The van der Waals surface area contributed by atoms with Crippen LogP contribution in [0, 0.1) is 0 Å². The van der Waals surface area contributed by atoms with Gasteiger partial charge >= 0.3 is 0 Å². The van der Waals surface area contributed by atoms with Gasteiger partial charge in [-0.3, -0.25) is 4.79 Å². The number of carbonyl (C=O) groups is 1. The number of nitrogens with zero attached hydrogens (tertiary/aromatic N) is 1. The Morgan fingerprint density at radius 2 is 2.11 bits per heavy atom. The summed E-state index contributed by atoms with van der Waals surface area (Å²) < 4.78 is 0. The number of amides is 1. The smallest absolute Gasteiger partial charge is 0.254 e. The summed E-state index contributed by atoms with van der Waals surface area (Å²) in [5, 5.41) is 18.7. The molecule has 5 nitrogen and oxygen atoms in total. The quantitative estimate of drug-likeness (QED) is 0.685. The Hall–Kier alpha value is -1.75. The molecule has 1 aromatic rings. The van der Waals surface area contributed by atoms with E-state index < -0.39 is 0 Å². The first-order valence-electron chi connectivity index (χ1n) is 6.16. The Labute approximate surface area is 106 Å². The van der Waals surface area contributed by atoms with Crippen LogP contribution in [0.15, 0.2) is 18.2 Å². The molecule has 1 atom stereocenters. The third-order valence-corrected chi connectivity index (χ3v) is 3.38. The van der Waals surface area contributed by atoms with Crippen LogP contribution < -0.4 is 5.73 Å². The van der Waals surface area contributed by atoms with Gasteiger partial charge in [0.15, 0.2) is 11.5 Å². The molecule has 0 aromatic heterocycles. The average Bonchev–Trinajstić information content (AvgIpc) is 2.41. The fourth-order valence-electron chi connectivity index (χ4n) is 2.34. The van der Waals surface area contributed by atoms with Gasteiger partial charge in [0.1, 0.15) is 0 Å². The first-order chi connectivity index (χ1) is 8.63. The molecular formula is C13H18N2O3. The van der Waals surface area contributed by atoms with Gasteiger partial charge in [-0.05, 0) is 37.5 Å². The molecule has 5 heteroatoms. The molecule has 1 unspecified atom stereocenters. The topological polar surface area (TPSA) is 86.8 Å². The number of likely N-dealkylation sites (tertiary alicyclic amines) is 1. The first kappa shape index (κ1) is 12.7. The zero-order valence-corrected chi connectivity index (χ0v) is 10.2. The molecule has 1 aliphatic heterocycles. The third-order valence-electron chi connectivity index (χ3n) is 3.38. The third kappa shape index (κ3) is 2.41. The Bertz CT molecular complexity index is 448. The van der Waals surface area contributed by atoms with E-state index in [2.05, 4.69) is 0 Å². The lowest BCUT2D eigenvalue weighted by Crippen LogP contribution is -2.47. The van der Waals surface area contributed by atoms with Gasteiger partial charge in [0.05, 0.1) is 0 Å². The zero-order valence-electron chi connectivity index (χ0n) is 10.2. The molecule has 0 radical (unpaired) electrons. The summed E-state index contributed by atoms with van der Waals surface area (Å²) in [5.41, 5.74) is 6.06. The van der Waals surface area contributed by atoms with Crippen molar-refractivity contribution in [2.75, 3.05) is 13.1 Å². The highest BCUT2D eigenvalue weighted by Gasteiger charge is 2.26. The van der Waals surface area contributed by atoms with Gasteiger partial charge in [-0.25, -0.2) is 0 Å². The molecule has 1 aromatic carbocycles. The van der Waals surface area contributed by atoms with Crippen molar-refractivity contribution >= 4 is 5.91 Å². The van der Waals surface area contributed by atoms with E-state index in [1.165, 1.54) is 18.2 Å². The van der Waals surface area contributed by atoms with Crippen LogP contribution in [0.4, 0.5) is 0 Å². The number of nitrogens with two attached hydrogens (primary N) is 1. The summed E-state index contributed by atoms with van der Waals surface area (Å²) in [6.07, 6.45) is 2.99. The van der Waals surface area contributed by atoms with Crippen molar-refractivity contribution in [2.24, 2.45) is 5.73 Å². The van der Waals surface area contributed by atoms with Gasteiger partial charge in [-0.1, -0.05) is 0 Å². The number of benzene rings is 1. The molecule has 2 rings (SSSR count). The largest absolute Gasteiger partial charge is 0.504 e. The maximum absolute atomic E-state index is 12.3. The number of phenols is 2. The number of phenolic OH excluding ortho intramolecular Hbond substituents is 2. The summed E-state index contributed by atoms with van der Waals surface area (Å²) in [7, 11) is 0. The van der Waals surface area contributed by atoms with Crippen molar-refractivity contribution in [1.29, 1.82) is 0 Å². The molecule has 0 spiro atoms. The molecule has 4 N–H and O–H groups in total. The molecule has 0 aliphatic carbocycles. The number of carbonyl (C=O) groups excluding carboxylic acids is 1. The van der Waals surface area contributed by atoms with E-state index in [0.29, 0.717) is 18.7 Å². The Morgan fingerprint density at radius 3 is 2.78 bits per heavy atom. The van der Waals surface area contributed by atoms with Crippen molar-refractivity contribution < 1.29 is 15.0 Å². The first-order valence-corrected chi connectivity index (χ1v) is 6.16. The van der Waals surface area contributed by atoms with E-state index in [1.807, 2.05) is 0 Å². The summed E-state index contributed by atoms with van der Waals surface area (Å²) in [6.45, 7) is 1.15. The normalized spacial score (nSPS) is 19.8. The number of rotatable bonds is 2. The highest BCUT2D eigenvalue weighted by molar-refractivity contribution is 5.95. The van der Waals surface area contributed by atoms with Crippen LogP contribution in [-0.2, 0) is 0 Å². The second kappa shape index (κ2) is 5.27. The maximum atomic E-state index is 12.3. The van der Waals surface area contributed by atoms with Gasteiger partial charge in [0, 0.05) is 24.7 Å². The van der Waals surface area contributed by atoms with Crippen LogP contribution in [0.2, 0.25) is 0 Å². The Morgan fingerprint density at radius 1 is 1.33 bits per heavy atom. The molecule has 0 saturated carbocycles. The van der Waals surface area contributed by atoms with Crippen molar-refractivity contribution in [1.82, 2.24) is 4.90 Å². The zero-order chi connectivity index (χ0) is 13.1. The Kier molecular flexibility index (Phi) is 3.72. The minimum Gasteiger partial charge on any atom is -0.504 e. The van der Waals surface area contributed by atoms with Gasteiger partial charge < -0.3 is 20.8 Å². The molecule has 1 amide bonds. The van der Waals surface area contributed by atoms with E-state index in [-0.39, 0.29) is 23.4 Å². The maximum Gasteiger partial charge on any atom is 0.254 e. The summed E-state index contributed by atoms with van der Waals surface area (Å²) in [4.78, 5) is 14.1. The van der Waals surface area contributed by atoms with Crippen LogP contribution in [0.3, 0.4) is 0 Å². The van der Waals surface area contributed by atoms with Crippen molar-refractivity contribution in [3.63, 3.8) is 0 Å². The predicted octanol–water partition coefficient (Wildman–Crippen LogP) is 1.05. The van der Waals surface area contributed by atoms with E-state index in [0.717, 1.165) is 19.3 Å². The van der Waals surface area contributed by atoms with Crippen LogP contribution in [0.1, 0.15) is 29.6 Å². The molecule has 98 valence electrons. The van der Waals surface area contributed by atoms with E-state index in [1.54, 1.807) is 4.90 Å². The van der Waals surface area contributed by atoms with E-state index >= 15 is 0 Å². The van der Waals surface area contributed by atoms with Gasteiger partial charge in [0.2, 0.25) is 0 Å². The molecule has 0 bridgehead atoms. The molecule has 1 fully saturated rings. The summed E-state index contributed by atoms with van der Waals surface area (Å²) in [6, 6.07) is 4.20. The second-order valence-electron chi connectivity index (χ2n) is 4.59. The van der Waals surface area contributed by atoms with E-state index in [9.17, 15) is 15.0 Å². The molecule has 18 heavy (non-hydrogen) atoms.